The molecule has 0 aromatic heterocycles. The van der Waals surface area contributed by atoms with Crippen molar-refractivity contribution in [3.05, 3.63) is 28.2 Å². The number of rotatable bonds is 4. The highest BCUT2D eigenvalue weighted by molar-refractivity contribution is 9.10. The van der Waals surface area contributed by atoms with E-state index in [4.69, 9.17) is 4.74 Å². The first-order valence-electron chi connectivity index (χ1n) is 5.84. The molecule has 100 valence electrons. The van der Waals surface area contributed by atoms with E-state index in [0.717, 1.165) is 22.9 Å². The number of nitrogens with one attached hydrogen (secondary N) is 1. The number of ether oxygens (including phenoxy) is 1. The van der Waals surface area contributed by atoms with Gasteiger partial charge in [-0.1, -0.05) is 6.07 Å². The summed E-state index contributed by atoms with van der Waals surface area (Å²) in [4.78, 5) is 0. The Kier molecular flexibility index (Phi) is 4.29. The van der Waals surface area contributed by atoms with Gasteiger partial charge < -0.3 is 4.74 Å². The smallest absolute Gasteiger partial charge is 0.235 e. The lowest BCUT2D eigenvalue weighted by Gasteiger charge is -2.13. The number of anilines is 1. The van der Waals surface area contributed by atoms with E-state index in [1.54, 1.807) is 6.07 Å². The molecular formula is C12H16BrNO3S. The van der Waals surface area contributed by atoms with Gasteiger partial charge in [0.2, 0.25) is 10.0 Å². The number of sulfonamides is 1. The molecule has 6 heteroatoms. The zero-order valence-electron chi connectivity index (χ0n) is 10.1. The molecule has 1 heterocycles. The molecule has 0 saturated carbocycles. The summed E-state index contributed by atoms with van der Waals surface area (Å²) in [6, 6.07) is 5.51. The van der Waals surface area contributed by atoms with E-state index >= 15 is 0 Å². The number of hydrogen-bond donors (Lipinski definition) is 1. The molecule has 1 N–H and O–H groups in total. The highest BCUT2D eigenvalue weighted by Crippen LogP contribution is 2.25. The summed E-state index contributed by atoms with van der Waals surface area (Å²) >= 11 is 3.35. The van der Waals surface area contributed by atoms with Crippen molar-refractivity contribution in [1.82, 2.24) is 0 Å². The molecule has 0 radical (unpaired) electrons. The maximum absolute atomic E-state index is 12.0. The second-order valence-electron chi connectivity index (χ2n) is 4.50. The third-order valence-electron chi connectivity index (χ3n) is 2.82. The van der Waals surface area contributed by atoms with E-state index in [-0.39, 0.29) is 11.9 Å². The minimum atomic E-state index is -3.36. The van der Waals surface area contributed by atoms with Crippen molar-refractivity contribution >= 4 is 31.6 Å². The molecule has 1 aromatic rings. The van der Waals surface area contributed by atoms with Crippen molar-refractivity contribution in [2.75, 3.05) is 17.1 Å². The lowest BCUT2D eigenvalue weighted by Crippen LogP contribution is -2.25. The van der Waals surface area contributed by atoms with Crippen molar-refractivity contribution in [3.63, 3.8) is 0 Å². The fraction of sp³-hybridized carbons (Fsp3) is 0.500. The van der Waals surface area contributed by atoms with E-state index in [1.807, 2.05) is 19.1 Å². The molecule has 0 bridgehead atoms. The molecule has 1 saturated heterocycles. The van der Waals surface area contributed by atoms with Crippen LogP contribution < -0.4 is 4.72 Å². The van der Waals surface area contributed by atoms with Crippen molar-refractivity contribution in [2.24, 2.45) is 0 Å². The van der Waals surface area contributed by atoms with Gasteiger partial charge in [0.05, 0.1) is 17.5 Å². The van der Waals surface area contributed by atoms with Gasteiger partial charge in [-0.15, -0.1) is 0 Å². The molecule has 0 amide bonds. The molecule has 1 aliphatic heterocycles. The number of benzene rings is 1. The Hall–Kier alpha value is -0.590. The topological polar surface area (TPSA) is 55.4 Å². The van der Waals surface area contributed by atoms with Crippen molar-refractivity contribution in [1.29, 1.82) is 0 Å². The maximum Gasteiger partial charge on any atom is 0.235 e. The van der Waals surface area contributed by atoms with Gasteiger partial charge in [-0.2, -0.15) is 0 Å². The second-order valence-corrected chi connectivity index (χ2v) is 7.12. The van der Waals surface area contributed by atoms with Crippen molar-refractivity contribution < 1.29 is 13.2 Å². The van der Waals surface area contributed by atoms with Crippen LogP contribution in [-0.2, 0) is 14.8 Å². The minimum Gasteiger partial charge on any atom is -0.377 e. The van der Waals surface area contributed by atoms with E-state index < -0.39 is 10.0 Å². The summed E-state index contributed by atoms with van der Waals surface area (Å²) in [5.41, 5.74) is 1.64. The number of halogens is 1. The normalized spacial score (nSPS) is 20.0. The van der Waals surface area contributed by atoms with Gasteiger partial charge in [-0.25, -0.2) is 8.42 Å². The molecule has 1 fully saturated rings. The first kappa shape index (κ1) is 13.8. The Balaban J connectivity index is 2.07. The van der Waals surface area contributed by atoms with Crippen LogP contribution >= 0.6 is 15.9 Å². The SMILES string of the molecule is Cc1ccc(NS(=O)(=O)CC2CCCO2)c(Br)c1. The molecule has 1 aromatic carbocycles. The predicted molar refractivity (Wildman–Crippen MR) is 75.3 cm³/mol. The summed E-state index contributed by atoms with van der Waals surface area (Å²) < 4.78 is 32.6. The molecule has 1 atom stereocenters. The lowest BCUT2D eigenvalue weighted by molar-refractivity contribution is 0.127. The highest BCUT2D eigenvalue weighted by atomic mass is 79.9. The Morgan fingerprint density at radius 3 is 2.89 bits per heavy atom. The van der Waals surface area contributed by atoms with Gasteiger partial charge in [0, 0.05) is 11.1 Å². The third kappa shape index (κ3) is 3.70. The largest absolute Gasteiger partial charge is 0.377 e. The van der Waals surface area contributed by atoms with E-state index in [2.05, 4.69) is 20.7 Å². The van der Waals surface area contributed by atoms with Crippen LogP contribution in [0.2, 0.25) is 0 Å². The van der Waals surface area contributed by atoms with Gasteiger partial charge in [0.15, 0.2) is 0 Å². The fourth-order valence-electron chi connectivity index (χ4n) is 1.93. The summed E-state index contributed by atoms with van der Waals surface area (Å²) in [6.07, 6.45) is 1.58. The van der Waals surface area contributed by atoms with Crippen LogP contribution in [0.4, 0.5) is 5.69 Å². The van der Waals surface area contributed by atoms with Gasteiger partial charge in [-0.3, -0.25) is 4.72 Å². The van der Waals surface area contributed by atoms with Gasteiger partial charge in [0.1, 0.15) is 0 Å². The zero-order chi connectivity index (χ0) is 13.2. The summed E-state index contributed by atoms with van der Waals surface area (Å²) in [7, 11) is -3.36. The molecule has 1 aliphatic rings. The van der Waals surface area contributed by atoms with Crippen LogP contribution in [0.3, 0.4) is 0 Å². The molecule has 0 spiro atoms. The van der Waals surface area contributed by atoms with E-state index in [9.17, 15) is 8.42 Å². The summed E-state index contributed by atoms with van der Waals surface area (Å²) in [5.74, 6) is 0.0211. The van der Waals surface area contributed by atoms with Crippen LogP contribution in [0.1, 0.15) is 18.4 Å². The number of aryl methyl sites for hydroxylation is 1. The molecule has 1 unspecified atom stereocenters. The first-order valence-corrected chi connectivity index (χ1v) is 8.29. The van der Waals surface area contributed by atoms with Gasteiger partial charge in [-0.05, 0) is 53.4 Å². The Morgan fingerprint density at radius 1 is 1.50 bits per heavy atom. The standard InChI is InChI=1S/C12H16BrNO3S/c1-9-4-5-12(11(13)7-9)14-18(15,16)8-10-3-2-6-17-10/h4-5,7,10,14H,2-3,6,8H2,1H3. The Bertz CT molecular complexity index is 524. The van der Waals surface area contributed by atoms with Crippen LogP contribution in [-0.4, -0.2) is 26.9 Å². The average molecular weight is 334 g/mol. The maximum atomic E-state index is 12.0. The fourth-order valence-corrected chi connectivity index (χ4v) is 4.00. The van der Waals surface area contributed by atoms with Crippen LogP contribution in [0, 0.1) is 6.92 Å². The van der Waals surface area contributed by atoms with Crippen LogP contribution in [0.5, 0.6) is 0 Å². The molecule has 2 rings (SSSR count). The Labute approximate surface area is 116 Å². The van der Waals surface area contributed by atoms with Gasteiger partial charge in [0.25, 0.3) is 0 Å². The quantitative estimate of drug-likeness (QED) is 0.921. The second kappa shape index (κ2) is 5.59. The number of hydrogen-bond acceptors (Lipinski definition) is 3. The predicted octanol–water partition coefficient (Wildman–Crippen LogP) is 2.68. The molecular weight excluding hydrogens is 318 g/mol. The minimum absolute atomic E-state index is 0.0211. The molecule has 4 nitrogen and oxygen atoms in total. The molecule has 18 heavy (non-hydrogen) atoms. The van der Waals surface area contributed by atoms with Crippen LogP contribution in [0.15, 0.2) is 22.7 Å². The molecule has 0 aliphatic carbocycles. The highest BCUT2D eigenvalue weighted by Gasteiger charge is 2.23. The average Bonchev–Trinajstić information content (AvgIpc) is 2.74. The van der Waals surface area contributed by atoms with Gasteiger partial charge >= 0.3 is 0 Å². The van der Waals surface area contributed by atoms with Crippen LogP contribution in [0.25, 0.3) is 0 Å². The third-order valence-corrected chi connectivity index (χ3v) is 4.82. The lowest BCUT2D eigenvalue weighted by atomic mass is 10.2. The Morgan fingerprint density at radius 2 is 2.28 bits per heavy atom. The summed E-state index contributed by atoms with van der Waals surface area (Å²) in [5, 5.41) is 0. The zero-order valence-corrected chi connectivity index (χ0v) is 12.6. The van der Waals surface area contributed by atoms with Crippen molar-refractivity contribution in [2.45, 2.75) is 25.9 Å². The van der Waals surface area contributed by atoms with E-state index in [1.165, 1.54) is 0 Å². The van der Waals surface area contributed by atoms with E-state index in [0.29, 0.717) is 12.3 Å². The first-order chi connectivity index (χ1) is 8.46. The summed E-state index contributed by atoms with van der Waals surface area (Å²) in [6.45, 7) is 2.61. The monoisotopic (exact) mass is 333 g/mol. The van der Waals surface area contributed by atoms with Crippen molar-refractivity contribution in [3.8, 4) is 0 Å².